The zero-order valence-corrected chi connectivity index (χ0v) is 11.6. The van der Waals surface area contributed by atoms with Crippen LogP contribution in [0.15, 0.2) is 33.5 Å². The fourth-order valence-electron chi connectivity index (χ4n) is 1.94. The van der Waals surface area contributed by atoms with Crippen LogP contribution in [0.1, 0.15) is 30.0 Å². The highest BCUT2D eigenvalue weighted by Crippen LogP contribution is 2.38. The minimum Gasteiger partial charge on any atom is -0.307 e. The fourth-order valence-corrected chi connectivity index (χ4v) is 2.32. The molecule has 3 nitrogen and oxygen atoms in total. The monoisotopic (exact) mass is 304 g/mol. The van der Waals surface area contributed by atoms with Crippen molar-refractivity contribution in [1.29, 1.82) is 0 Å². The van der Waals surface area contributed by atoms with Crippen molar-refractivity contribution < 1.29 is 0 Å². The van der Waals surface area contributed by atoms with Crippen LogP contribution in [0.4, 0.5) is 0 Å². The van der Waals surface area contributed by atoms with Crippen LogP contribution in [-0.2, 0) is 0 Å². The number of nitrogens with zero attached hydrogens (tertiary/aromatic N) is 1. The maximum atomic E-state index is 11.7. The number of benzene rings is 1. The summed E-state index contributed by atoms with van der Waals surface area (Å²) in [6.07, 6.45) is 2.29. The summed E-state index contributed by atoms with van der Waals surface area (Å²) in [6.45, 7) is 2.03. The van der Waals surface area contributed by atoms with Gasteiger partial charge in [-0.1, -0.05) is 28.1 Å². The van der Waals surface area contributed by atoms with Crippen LogP contribution in [0.25, 0.3) is 11.4 Å². The highest BCUT2D eigenvalue weighted by Gasteiger charge is 2.25. The molecule has 1 aromatic carbocycles. The van der Waals surface area contributed by atoms with Crippen LogP contribution >= 0.6 is 15.9 Å². The van der Waals surface area contributed by atoms with Gasteiger partial charge in [0.25, 0.3) is 5.56 Å². The minimum absolute atomic E-state index is 0.0707. The highest BCUT2D eigenvalue weighted by molar-refractivity contribution is 9.10. The second-order valence-electron chi connectivity index (χ2n) is 4.76. The zero-order valence-electron chi connectivity index (χ0n) is 10.0. The predicted octanol–water partition coefficient (Wildman–Crippen LogP) is 3.39. The van der Waals surface area contributed by atoms with Crippen LogP contribution in [0.5, 0.6) is 0 Å². The van der Waals surface area contributed by atoms with E-state index in [0.717, 1.165) is 28.6 Å². The zero-order chi connectivity index (χ0) is 12.7. The molecule has 1 N–H and O–H groups in total. The Balaban J connectivity index is 2.09. The highest BCUT2D eigenvalue weighted by atomic mass is 79.9. The van der Waals surface area contributed by atoms with E-state index < -0.39 is 0 Å². The van der Waals surface area contributed by atoms with E-state index in [0.29, 0.717) is 11.7 Å². The maximum Gasteiger partial charge on any atom is 0.251 e. The molecule has 0 atom stereocenters. The number of aromatic amines is 1. The third kappa shape index (κ3) is 2.25. The van der Waals surface area contributed by atoms with Crippen LogP contribution in [-0.4, -0.2) is 9.97 Å². The van der Waals surface area contributed by atoms with Crippen molar-refractivity contribution in [2.24, 2.45) is 0 Å². The summed E-state index contributed by atoms with van der Waals surface area (Å²) in [6, 6.07) is 7.60. The van der Waals surface area contributed by atoms with Gasteiger partial charge in [-0.05, 0) is 31.4 Å². The van der Waals surface area contributed by atoms with Gasteiger partial charge < -0.3 is 4.98 Å². The van der Waals surface area contributed by atoms with E-state index in [1.165, 1.54) is 5.56 Å². The third-order valence-electron chi connectivity index (χ3n) is 3.20. The van der Waals surface area contributed by atoms with Gasteiger partial charge in [0.05, 0.1) is 5.69 Å². The summed E-state index contributed by atoms with van der Waals surface area (Å²) in [5.74, 6) is 1.14. The number of aryl methyl sites for hydroxylation is 1. The summed E-state index contributed by atoms with van der Waals surface area (Å²) in [5.41, 5.74) is 2.95. The molecule has 2 aromatic rings. The standard InChI is InChI=1S/C14H13BrN2O/c1-8-2-3-10(6-11(8)15)14-16-12(9-4-5-9)7-13(18)17-14/h2-3,6-7,9H,4-5H2,1H3,(H,16,17,18). The molecule has 1 aromatic heterocycles. The molecule has 0 amide bonds. The Morgan fingerprint density at radius 2 is 2.11 bits per heavy atom. The lowest BCUT2D eigenvalue weighted by Crippen LogP contribution is -2.09. The number of H-pyrrole nitrogens is 1. The summed E-state index contributed by atoms with van der Waals surface area (Å²) in [7, 11) is 0. The molecule has 18 heavy (non-hydrogen) atoms. The van der Waals surface area contributed by atoms with Gasteiger partial charge in [0, 0.05) is 22.0 Å². The average molecular weight is 305 g/mol. The largest absolute Gasteiger partial charge is 0.307 e. The number of nitrogens with one attached hydrogen (secondary N) is 1. The number of aromatic nitrogens is 2. The molecule has 1 aliphatic rings. The topological polar surface area (TPSA) is 45.8 Å². The number of hydrogen-bond donors (Lipinski definition) is 1. The lowest BCUT2D eigenvalue weighted by Gasteiger charge is -2.05. The van der Waals surface area contributed by atoms with Crippen molar-refractivity contribution in [1.82, 2.24) is 9.97 Å². The van der Waals surface area contributed by atoms with Gasteiger partial charge in [-0.3, -0.25) is 4.79 Å². The molecular formula is C14H13BrN2O. The second-order valence-corrected chi connectivity index (χ2v) is 5.61. The van der Waals surface area contributed by atoms with Gasteiger partial charge in [-0.2, -0.15) is 0 Å². The van der Waals surface area contributed by atoms with Crippen molar-refractivity contribution in [3.8, 4) is 11.4 Å². The van der Waals surface area contributed by atoms with E-state index in [1.54, 1.807) is 6.07 Å². The third-order valence-corrected chi connectivity index (χ3v) is 4.06. The minimum atomic E-state index is -0.0707. The molecule has 1 aliphatic carbocycles. The van der Waals surface area contributed by atoms with E-state index in [2.05, 4.69) is 25.9 Å². The first-order chi connectivity index (χ1) is 8.63. The molecule has 92 valence electrons. The van der Waals surface area contributed by atoms with Crippen LogP contribution in [0.3, 0.4) is 0 Å². The van der Waals surface area contributed by atoms with Gasteiger partial charge in [0.1, 0.15) is 5.82 Å². The van der Waals surface area contributed by atoms with E-state index in [4.69, 9.17) is 0 Å². The lowest BCUT2D eigenvalue weighted by atomic mass is 10.1. The first-order valence-corrected chi connectivity index (χ1v) is 6.80. The number of rotatable bonds is 2. The molecule has 0 saturated heterocycles. The Morgan fingerprint density at radius 3 is 2.78 bits per heavy atom. The normalized spacial score (nSPS) is 14.8. The molecule has 0 radical (unpaired) electrons. The summed E-state index contributed by atoms with van der Waals surface area (Å²) in [4.78, 5) is 19.0. The van der Waals surface area contributed by atoms with Crippen LogP contribution < -0.4 is 5.56 Å². The van der Waals surface area contributed by atoms with Gasteiger partial charge in [0.2, 0.25) is 0 Å². The van der Waals surface area contributed by atoms with Crippen molar-refractivity contribution in [2.75, 3.05) is 0 Å². The molecule has 1 saturated carbocycles. The Bertz CT molecular complexity index is 659. The fraction of sp³-hybridized carbons (Fsp3) is 0.286. The van der Waals surface area contributed by atoms with Crippen molar-refractivity contribution >= 4 is 15.9 Å². The maximum absolute atomic E-state index is 11.7. The summed E-state index contributed by atoms with van der Waals surface area (Å²) in [5, 5.41) is 0. The number of hydrogen-bond acceptors (Lipinski definition) is 2. The summed E-state index contributed by atoms with van der Waals surface area (Å²) >= 11 is 3.50. The molecule has 0 aliphatic heterocycles. The van der Waals surface area contributed by atoms with Crippen LogP contribution in [0.2, 0.25) is 0 Å². The van der Waals surface area contributed by atoms with Gasteiger partial charge >= 0.3 is 0 Å². The molecule has 3 rings (SSSR count). The predicted molar refractivity (Wildman–Crippen MR) is 74.7 cm³/mol. The Labute approximate surface area is 113 Å². The van der Waals surface area contributed by atoms with Gasteiger partial charge in [-0.25, -0.2) is 4.98 Å². The summed E-state index contributed by atoms with van der Waals surface area (Å²) < 4.78 is 1.03. The van der Waals surface area contributed by atoms with Gasteiger partial charge in [-0.15, -0.1) is 0 Å². The van der Waals surface area contributed by atoms with Crippen molar-refractivity contribution in [2.45, 2.75) is 25.7 Å². The first kappa shape index (κ1) is 11.7. The lowest BCUT2D eigenvalue weighted by molar-refractivity contribution is 0.976. The molecule has 0 spiro atoms. The SMILES string of the molecule is Cc1ccc(-c2nc(C3CC3)cc(=O)[nH]2)cc1Br. The molecule has 1 fully saturated rings. The van der Waals surface area contributed by atoms with Gasteiger partial charge in [0.15, 0.2) is 0 Å². The molecule has 4 heteroatoms. The average Bonchev–Trinajstić information content (AvgIpc) is 3.16. The van der Waals surface area contributed by atoms with Crippen LogP contribution in [0, 0.1) is 6.92 Å². The molecule has 1 heterocycles. The van der Waals surface area contributed by atoms with E-state index >= 15 is 0 Å². The first-order valence-electron chi connectivity index (χ1n) is 6.01. The second kappa shape index (κ2) is 4.35. The van der Waals surface area contributed by atoms with E-state index in [-0.39, 0.29) is 5.56 Å². The number of halogens is 1. The Morgan fingerprint density at radius 1 is 1.33 bits per heavy atom. The quantitative estimate of drug-likeness (QED) is 0.924. The van der Waals surface area contributed by atoms with Crippen molar-refractivity contribution in [3.63, 3.8) is 0 Å². The molecule has 0 unspecified atom stereocenters. The van der Waals surface area contributed by atoms with E-state index in [9.17, 15) is 4.79 Å². The molecule has 0 bridgehead atoms. The van der Waals surface area contributed by atoms with Crippen molar-refractivity contribution in [3.05, 3.63) is 50.3 Å². The Kier molecular flexibility index (Phi) is 2.82. The van der Waals surface area contributed by atoms with E-state index in [1.807, 2.05) is 25.1 Å². The molecular weight excluding hydrogens is 292 g/mol. The Hall–Kier alpha value is -1.42. The smallest absolute Gasteiger partial charge is 0.251 e.